The van der Waals surface area contributed by atoms with E-state index in [4.69, 9.17) is 27.8 Å². The van der Waals surface area contributed by atoms with Gasteiger partial charge in [-0.2, -0.15) is 0 Å². The second-order valence-corrected chi connectivity index (χ2v) is 5.13. The van der Waals surface area contributed by atoms with Crippen molar-refractivity contribution >= 4 is 8.60 Å². The molecular formula is C8H11O6P. The fourth-order valence-corrected chi connectivity index (χ4v) is 3.71. The molecule has 0 saturated carbocycles. The van der Waals surface area contributed by atoms with E-state index in [9.17, 15) is 0 Å². The van der Waals surface area contributed by atoms with Gasteiger partial charge in [-0.3, -0.25) is 0 Å². The zero-order valence-electron chi connectivity index (χ0n) is 8.07. The van der Waals surface area contributed by atoms with Crippen LogP contribution in [-0.4, -0.2) is 43.6 Å². The molecule has 0 radical (unpaired) electrons. The van der Waals surface area contributed by atoms with Crippen molar-refractivity contribution in [1.29, 1.82) is 0 Å². The van der Waals surface area contributed by atoms with Crippen molar-refractivity contribution in [2.24, 2.45) is 0 Å². The zero-order valence-corrected chi connectivity index (χ0v) is 8.96. The molecule has 6 nitrogen and oxygen atoms in total. The molecule has 7 heteroatoms. The van der Waals surface area contributed by atoms with Gasteiger partial charge in [0.05, 0.1) is 6.61 Å². The molecule has 4 aliphatic heterocycles. The van der Waals surface area contributed by atoms with Gasteiger partial charge in [0.1, 0.15) is 24.4 Å². The lowest BCUT2D eigenvalue weighted by atomic mass is 9.99. The zero-order chi connectivity index (χ0) is 9.99. The monoisotopic (exact) mass is 234 g/mol. The predicted octanol–water partition coefficient (Wildman–Crippen LogP) is 0.514. The summed E-state index contributed by atoms with van der Waals surface area (Å²) in [4.78, 5) is 0. The van der Waals surface area contributed by atoms with Crippen LogP contribution < -0.4 is 0 Å². The van der Waals surface area contributed by atoms with Gasteiger partial charge >= 0.3 is 8.60 Å². The average molecular weight is 234 g/mol. The summed E-state index contributed by atoms with van der Waals surface area (Å²) in [6.45, 7) is 2.38. The minimum atomic E-state index is -1.18. The summed E-state index contributed by atoms with van der Waals surface area (Å²) in [6, 6.07) is 0. The van der Waals surface area contributed by atoms with Crippen molar-refractivity contribution < 1.29 is 27.8 Å². The van der Waals surface area contributed by atoms with Crippen molar-refractivity contribution in [1.82, 2.24) is 0 Å². The highest BCUT2D eigenvalue weighted by molar-refractivity contribution is 7.42. The van der Waals surface area contributed by atoms with Crippen LogP contribution >= 0.6 is 8.60 Å². The first-order valence-corrected chi connectivity index (χ1v) is 6.14. The number of ether oxygens (including phenoxy) is 3. The summed E-state index contributed by atoms with van der Waals surface area (Å²) in [5.74, 6) is 0. The Labute approximate surface area is 87.7 Å². The fraction of sp³-hybridized carbons (Fsp3) is 1.00. The first kappa shape index (κ1) is 9.24. The lowest BCUT2D eigenvalue weighted by molar-refractivity contribution is -0.228. The Morgan fingerprint density at radius 3 is 2.80 bits per heavy atom. The van der Waals surface area contributed by atoms with E-state index in [1.807, 2.05) is 6.92 Å². The number of fused-ring (bicyclic) bond motifs is 3. The quantitative estimate of drug-likeness (QED) is 0.569. The molecule has 1 unspecified atom stereocenters. The highest BCUT2D eigenvalue weighted by Crippen LogP contribution is 2.57. The lowest BCUT2D eigenvalue weighted by Crippen LogP contribution is -2.56. The van der Waals surface area contributed by atoms with Crippen LogP contribution in [0.15, 0.2) is 0 Å². The third kappa shape index (κ3) is 1.24. The van der Waals surface area contributed by atoms with Crippen LogP contribution in [0.25, 0.3) is 0 Å². The first-order valence-electron chi connectivity index (χ1n) is 5.04. The predicted molar refractivity (Wildman–Crippen MR) is 46.7 cm³/mol. The topological polar surface area (TPSA) is 55.4 Å². The molecule has 7 atom stereocenters. The Hall–Kier alpha value is 0.190. The maximum atomic E-state index is 5.71. The van der Waals surface area contributed by atoms with E-state index in [1.54, 1.807) is 0 Å². The second-order valence-electron chi connectivity index (χ2n) is 4.01. The van der Waals surface area contributed by atoms with E-state index in [2.05, 4.69) is 0 Å². The summed E-state index contributed by atoms with van der Waals surface area (Å²) in [5, 5.41) is 0. The van der Waals surface area contributed by atoms with Crippen molar-refractivity contribution in [3.8, 4) is 0 Å². The minimum absolute atomic E-state index is 0.0555. The van der Waals surface area contributed by atoms with E-state index in [-0.39, 0.29) is 37.0 Å². The Kier molecular flexibility index (Phi) is 1.91. The summed E-state index contributed by atoms with van der Waals surface area (Å²) in [6.07, 6.45) is -1.02. The van der Waals surface area contributed by atoms with Crippen LogP contribution in [0, 0.1) is 0 Å². The van der Waals surface area contributed by atoms with E-state index in [0.717, 1.165) is 0 Å². The van der Waals surface area contributed by atoms with E-state index in [0.29, 0.717) is 6.61 Å². The van der Waals surface area contributed by atoms with E-state index < -0.39 is 8.60 Å². The first-order chi connectivity index (χ1) is 7.31. The molecule has 4 fully saturated rings. The molecule has 0 aromatic carbocycles. The van der Waals surface area contributed by atoms with Crippen LogP contribution in [0.5, 0.6) is 0 Å². The van der Waals surface area contributed by atoms with Gasteiger partial charge in [0.15, 0.2) is 12.6 Å². The van der Waals surface area contributed by atoms with Crippen LogP contribution in [0.3, 0.4) is 0 Å². The molecule has 4 aliphatic rings. The van der Waals surface area contributed by atoms with Crippen LogP contribution in [-0.2, 0) is 27.8 Å². The molecule has 0 aromatic rings. The second kappa shape index (κ2) is 3.11. The smallest absolute Gasteiger partial charge is 0.333 e. The van der Waals surface area contributed by atoms with E-state index >= 15 is 0 Å². The number of hydrogen-bond donors (Lipinski definition) is 0. The maximum Gasteiger partial charge on any atom is 0.333 e. The number of hydrogen-bond acceptors (Lipinski definition) is 6. The third-order valence-electron chi connectivity index (χ3n) is 3.03. The van der Waals surface area contributed by atoms with Crippen LogP contribution in [0.1, 0.15) is 6.92 Å². The highest BCUT2D eigenvalue weighted by atomic mass is 31.2. The molecule has 0 spiro atoms. The highest BCUT2D eigenvalue weighted by Gasteiger charge is 2.60. The van der Waals surface area contributed by atoms with Crippen molar-refractivity contribution in [2.75, 3.05) is 6.61 Å². The molecule has 0 aliphatic carbocycles. The van der Waals surface area contributed by atoms with Gasteiger partial charge in [-0.1, -0.05) is 0 Å². The van der Waals surface area contributed by atoms with Gasteiger partial charge in [-0.15, -0.1) is 0 Å². The van der Waals surface area contributed by atoms with Gasteiger partial charge in [-0.25, -0.2) is 0 Å². The Morgan fingerprint density at radius 2 is 1.87 bits per heavy atom. The number of rotatable bonds is 0. The molecule has 4 saturated heterocycles. The van der Waals surface area contributed by atoms with Gasteiger partial charge in [0.25, 0.3) is 0 Å². The van der Waals surface area contributed by atoms with Gasteiger partial charge < -0.3 is 27.8 Å². The minimum Gasteiger partial charge on any atom is -0.341 e. The summed E-state index contributed by atoms with van der Waals surface area (Å²) in [7, 11) is -1.18. The molecule has 0 amide bonds. The van der Waals surface area contributed by atoms with Crippen molar-refractivity contribution in [3.05, 3.63) is 0 Å². The molecule has 4 rings (SSSR count). The largest absolute Gasteiger partial charge is 0.341 e. The van der Waals surface area contributed by atoms with Crippen molar-refractivity contribution in [3.63, 3.8) is 0 Å². The standard InChI is InChI=1S/C8H11O6P/c1-3-10-7-6-5-4(12-8(7)11-3)2-9-15(13-5)14-6/h3-8H,2H2,1H3/t3-,4+,5-,6-,7+,8-,15?/m0/s1. The Morgan fingerprint density at radius 1 is 1.00 bits per heavy atom. The third-order valence-corrected chi connectivity index (χ3v) is 4.22. The molecule has 4 heterocycles. The van der Waals surface area contributed by atoms with Crippen molar-refractivity contribution in [2.45, 2.75) is 43.9 Å². The maximum absolute atomic E-state index is 5.71. The van der Waals surface area contributed by atoms with Crippen LogP contribution in [0.2, 0.25) is 0 Å². The van der Waals surface area contributed by atoms with E-state index in [1.165, 1.54) is 0 Å². The summed E-state index contributed by atoms with van der Waals surface area (Å²) >= 11 is 0. The molecular weight excluding hydrogens is 223 g/mol. The summed E-state index contributed by atoms with van der Waals surface area (Å²) in [5.41, 5.74) is 0. The normalized spacial score (nSPS) is 61.8. The Bertz CT molecular complexity index is 288. The van der Waals surface area contributed by atoms with Gasteiger partial charge in [-0.05, 0) is 6.92 Å². The Balaban J connectivity index is 1.66. The summed E-state index contributed by atoms with van der Waals surface area (Å²) < 4.78 is 33.4. The molecule has 0 aromatic heterocycles. The molecule has 84 valence electrons. The lowest BCUT2D eigenvalue weighted by Gasteiger charge is -2.36. The van der Waals surface area contributed by atoms with Gasteiger partial charge in [0.2, 0.25) is 0 Å². The molecule has 15 heavy (non-hydrogen) atoms. The SMILES string of the molecule is C[C@@H]1O[C@H]2O[C@@H]3COP4O[C@@H]([C@H]3O4)[C@H]2O1. The molecule has 0 N–H and O–H groups in total. The van der Waals surface area contributed by atoms with Gasteiger partial charge in [0, 0.05) is 0 Å². The average Bonchev–Trinajstić information content (AvgIpc) is 2.74. The molecule has 2 bridgehead atoms. The fourth-order valence-electron chi connectivity index (χ4n) is 2.37. The van der Waals surface area contributed by atoms with Crippen LogP contribution in [0.4, 0.5) is 0 Å².